The number of nitrogens with one attached hydrogen (secondary N) is 1. The van der Waals surface area contributed by atoms with Crippen molar-refractivity contribution in [2.75, 3.05) is 13.2 Å². The summed E-state index contributed by atoms with van der Waals surface area (Å²) >= 11 is 0. The molecule has 0 bridgehead atoms. The maximum absolute atomic E-state index is 11.2. The number of hydrogen-bond donors (Lipinski definition) is 2. The van der Waals surface area contributed by atoms with Gasteiger partial charge in [0.25, 0.3) is 0 Å². The highest BCUT2D eigenvalue weighted by Crippen LogP contribution is 2.41. The van der Waals surface area contributed by atoms with Gasteiger partial charge in [0.2, 0.25) is 0 Å². The van der Waals surface area contributed by atoms with Crippen LogP contribution in [0.15, 0.2) is 30.3 Å². The lowest BCUT2D eigenvalue weighted by Gasteiger charge is -2.45. The van der Waals surface area contributed by atoms with E-state index in [1.165, 1.54) is 0 Å². The van der Waals surface area contributed by atoms with E-state index in [0.717, 1.165) is 5.56 Å². The summed E-state index contributed by atoms with van der Waals surface area (Å²) in [5.41, 5.74) is -0.158. The van der Waals surface area contributed by atoms with E-state index in [9.17, 15) is 15.2 Å². The van der Waals surface area contributed by atoms with Crippen LogP contribution in [0.5, 0.6) is 0 Å². The smallest absolute Gasteiger partial charge is 0.404 e. The van der Waals surface area contributed by atoms with Crippen LogP contribution in [0, 0.1) is 22.2 Å². The summed E-state index contributed by atoms with van der Waals surface area (Å²) in [5.74, 6) is 0. The van der Waals surface area contributed by atoms with Gasteiger partial charge in [-0.25, -0.2) is 4.79 Å². The molecule has 1 aromatic carbocycles. The Hall–Kier alpha value is -2.10. The third-order valence-corrected chi connectivity index (χ3v) is 4.81. The van der Waals surface area contributed by atoms with Gasteiger partial charge >= 0.3 is 6.09 Å². The summed E-state index contributed by atoms with van der Waals surface area (Å²) in [6.45, 7) is 6.98. The summed E-state index contributed by atoms with van der Waals surface area (Å²) in [6, 6.07) is 11.8. The average Bonchev–Trinajstić information content (AvgIpc) is 2.60. The normalized spacial score (nSPS) is 24.5. The van der Waals surface area contributed by atoms with Gasteiger partial charge in [0, 0.05) is 0 Å². The first-order chi connectivity index (χ1) is 12.3. The maximum Gasteiger partial charge on any atom is 0.404 e. The molecule has 2 rings (SSSR count). The Balaban J connectivity index is 1.92. The molecular weight excluding hydrogens is 332 g/mol. The zero-order valence-electron chi connectivity index (χ0n) is 15.7. The minimum atomic E-state index is -1.12. The van der Waals surface area contributed by atoms with Gasteiger partial charge in [0.1, 0.15) is 5.41 Å². The fourth-order valence-electron chi connectivity index (χ4n) is 3.54. The predicted octanol–water partition coefficient (Wildman–Crippen LogP) is 3.57. The largest absolute Gasteiger partial charge is 0.465 e. The van der Waals surface area contributed by atoms with Crippen molar-refractivity contribution in [1.29, 1.82) is 5.26 Å². The third kappa shape index (κ3) is 5.20. The van der Waals surface area contributed by atoms with Crippen molar-refractivity contribution in [2.24, 2.45) is 10.8 Å². The van der Waals surface area contributed by atoms with Crippen LogP contribution < -0.4 is 5.32 Å². The molecule has 1 aromatic rings. The Morgan fingerprint density at radius 1 is 1.46 bits per heavy atom. The van der Waals surface area contributed by atoms with Crippen LogP contribution >= 0.6 is 0 Å². The topological polar surface area (TPSA) is 91.6 Å². The zero-order valence-corrected chi connectivity index (χ0v) is 15.7. The van der Waals surface area contributed by atoms with Gasteiger partial charge in [0.05, 0.1) is 38.0 Å². The highest BCUT2D eigenvalue weighted by molar-refractivity contribution is 5.65. The molecule has 26 heavy (non-hydrogen) atoms. The summed E-state index contributed by atoms with van der Waals surface area (Å²) in [7, 11) is 0. The number of carboxylic acid groups (broad SMARTS) is 1. The molecule has 1 heterocycles. The fraction of sp³-hybridized carbons (Fsp3) is 0.600. The van der Waals surface area contributed by atoms with Gasteiger partial charge in [-0.15, -0.1) is 0 Å². The molecule has 2 N–H and O–H groups in total. The number of ether oxygens (including phenoxy) is 2. The van der Waals surface area contributed by atoms with Crippen LogP contribution in [-0.2, 0) is 16.1 Å². The highest BCUT2D eigenvalue weighted by atomic mass is 16.5. The number of nitrogens with zero attached hydrogens (tertiary/aromatic N) is 1. The van der Waals surface area contributed by atoms with Crippen LogP contribution in [0.2, 0.25) is 0 Å². The van der Waals surface area contributed by atoms with Crippen molar-refractivity contribution in [3.8, 4) is 6.07 Å². The molecule has 0 aromatic heterocycles. The van der Waals surface area contributed by atoms with E-state index in [-0.39, 0.29) is 12.7 Å². The Morgan fingerprint density at radius 3 is 2.65 bits per heavy atom. The van der Waals surface area contributed by atoms with E-state index in [2.05, 4.69) is 11.4 Å². The molecule has 1 aliphatic heterocycles. The maximum atomic E-state index is 11.2. The molecule has 3 atom stereocenters. The molecule has 6 heteroatoms. The number of carbonyl (C=O) groups is 1. The van der Waals surface area contributed by atoms with Gasteiger partial charge in [0.15, 0.2) is 0 Å². The number of nitriles is 1. The second-order valence-corrected chi connectivity index (χ2v) is 7.99. The van der Waals surface area contributed by atoms with Crippen molar-refractivity contribution in [2.45, 2.75) is 52.4 Å². The van der Waals surface area contributed by atoms with Crippen LogP contribution in [0.4, 0.5) is 4.79 Å². The predicted molar refractivity (Wildman–Crippen MR) is 97.5 cm³/mol. The average molecular weight is 360 g/mol. The minimum Gasteiger partial charge on any atom is -0.465 e. The van der Waals surface area contributed by atoms with Crippen molar-refractivity contribution in [1.82, 2.24) is 5.32 Å². The van der Waals surface area contributed by atoms with E-state index in [0.29, 0.717) is 26.1 Å². The van der Waals surface area contributed by atoms with Gasteiger partial charge in [-0.1, -0.05) is 51.1 Å². The Morgan fingerprint density at radius 2 is 2.15 bits per heavy atom. The Bertz CT molecular complexity index is 625. The number of hydrogen-bond acceptors (Lipinski definition) is 4. The molecule has 1 fully saturated rings. The van der Waals surface area contributed by atoms with Crippen LogP contribution in [0.3, 0.4) is 0 Å². The standard InChI is InChI=1S/C20H28N2O4/c1-19(2,3)17(22-18(23)24)20(13-21)10-9-16(26-14-20)12-25-11-15-7-5-4-6-8-15/h4-8,16-17,22H,9-12,14H2,1-3H3,(H,23,24). The first-order valence-electron chi connectivity index (χ1n) is 8.91. The Labute approximate surface area is 155 Å². The van der Waals surface area contributed by atoms with Crippen LogP contribution in [0.25, 0.3) is 0 Å². The molecule has 1 saturated heterocycles. The second-order valence-electron chi connectivity index (χ2n) is 7.99. The molecule has 6 nitrogen and oxygen atoms in total. The van der Waals surface area contributed by atoms with Gasteiger partial charge in [-0.05, 0) is 23.8 Å². The van der Waals surface area contributed by atoms with Gasteiger partial charge < -0.3 is 19.9 Å². The second kappa shape index (κ2) is 8.52. The zero-order chi connectivity index (χ0) is 19.2. The van der Waals surface area contributed by atoms with E-state index in [4.69, 9.17) is 9.47 Å². The van der Waals surface area contributed by atoms with Gasteiger partial charge in [-0.3, -0.25) is 0 Å². The fourth-order valence-corrected chi connectivity index (χ4v) is 3.54. The van der Waals surface area contributed by atoms with E-state index >= 15 is 0 Å². The molecule has 142 valence electrons. The lowest BCUT2D eigenvalue weighted by molar-refractivity contribution is -0.0972. The lowest BCUT2D eigenvalue weighted by Crippen LogP contribution is -2.57. The van der Waals surface area contributed by atoms with E-state index < -0.39 is 23.0 Å². The molecule has 0 saturated carbocycles. The first-order valence-corrected chi connectivity index (χ1v) is 8.91. The highest BCUT2D eigenvalue weighted by Gasteiger charge is 2.49. The molecule has 0 spiro atoms. The molecule has 1 aliphatic rings. The number of amides is 1. The number of rotatable bonds is 6. The number of benzene rings is 1. The Kier molecular flexibility index (Phi) is 6.63. The van der Waals surface area contributed by atoms with E-state index in [1.54, 1.807) is 0 Å². The van der Waals surface area contributed by atoms with E-state index in [1.807, 2.05) is 51.1 Å². The van der Waals surface area contributed by atoms with Crippen molar-refractivity contribution >= 4 is 6.09 Å². The monoisotopic (exact) mass is 360 g/mol. The summed E-state index contributed by atoms with van der Waals surface area (Å²) in [5, 5.41) is 21.5. The quantitative estimate of drug-likeness (QED) is 0.809. The molecule has 0 radical (unpaired) electrons. The first kappa shape index (κ1) is 20.2. The van der Waals surface area contributed by atoms with Crippen molar-refractivity contribution in [3.63, 3.8) is 0 Å². The molecular formula is C20H28N2O4. The molecule has 1 amide bonds. The van der Waals surface area contributed by atoms with Crippen LogP contribution in [0.1, 0.15) is 39.2 Å². The van der Waals surface area contributed by atoms with Gasteiger partial charge in [-0.2, -0.15) is 5.26 Å². The SMILES string of the molecule is CC(C)(C)C(NC(=O)O)C1(C#N)CCC(COCc2ccccc2)OC1. The minimum absolute atomic E-state index is 0.0781. The summed E-state index contributed by atoms with van der Waals surface area (Å²) in [6.07, 6.45) is 0.0416. The lowest BCUT2D eigenvalue weighted by atomic mass is 9.66. The van der Waals surface area contributed by atoms with Crippen LogP contribution in [-0.4, -0.2) is 36.6 Å². The van der Waals surface area contributed by atoms with Crippen molar-refractivity contribution in [3.05, 3.63) is 35.9 Å². The summed E-state index contributed by atoms with van der Waals surface area (Å²) in [4.78, 5) is 11.2. The summed E-state index contributed by atoms with van der Waals surface area (Å²) < 4.78 is 11.6. The third-order valence-electron chi connectivity index (χ3n) is 4.81. The molecule has 0 aliphatic carbocycles. The molecule has 3 unspecified atom stereocenters. The van der Waals surface area contributed by atoms with Crippen molar-refractivity contribution < 1.29 is 19.4 Å².